The molecule has 1 atom stereocenters. The van der Waals surface area contributed by atoms with Gasteiger partial charge in [0.15, 0.2) is 0 Å². The van der Waals surface area contributed by atoms with Gasteiger partial charge in [-0.05, 0) is 78.4 Å². The van der Waals surface area contributed by atoms with Crippen molar-refractivity contribution in [2.45, 2.75) is 130 Å². The van der Waals surface area contributed by atoms with Gasteiger partial charge in [-0.15, -0.1) is 0 Å². The summed E-state index contributed by atoms with van der Waals surface area (Å²) in [6, 6.07) is 0. The number of esters is 1. The molecule has 35 heavy (non-hydrogen) atoms. The fourth-order valence-electron chi connectivity index (χ4n) is 4.61. The second kappa shape index (κ2) is 18.9. The van der Waals surface area contributed by atoms with Crippen molar-refractivity contribution in [2.24, 2.45) is 5.92 Å². The van der Waals surface area contributed by atoms with E-state index in [9.17, 15) is 9.59 Å². The molecule has 206 valence electrons. The van der Waals surface area contributed by atoms with Gasteiger partial charge in [0.25, 0.3) is 0 Å². The molecule has 1 aliphatic heterocycles. The lowest BCUT2D eigenvalue weighted by Gasteiger charge is -2.25. The number of amides is 1. The summed E-state index contributed by atoms with van der Waals surface area (Å²) in [4.78, 5) is 28.8. The predicted octanol–water partition coefficient (Wildman–Crippen LogP) is 7.20. The number of hydrogen-bond donors (Lipinski definition) is 0. The number of carbonyl (C=O) groups is 2. The fourth-order valence-corrected chi connectivity index (χ4v) is 4.61. The fraction of sp³-hybridized carbons (Fsp3) is 0.931. The molecule has 1 aliphatic rings. The highest BCUT2D eigenvalue weighted by Gasteiger charge is 2.29. The average Bonchev–Trinajstić information content (AvgIpc) is 3.27. The van der Waals surface area contributed by atoms with Crippen LogP contribution in [0.15, 0.2) is 0 Å². The molecule has 0 aromatic heterocycles. The minimum Gasteiger partial charge on any atom is -0.466 e. The maximum atomic E-state index is 12.4. The van der Waals surface area contributed by atoms with Gasteiger partial charge in [-0.3, -0.25) is 4.79 Å². The molecule has 6 nitrogen and oxygen atoms in total. The molecule has 0 saturated carbocycles. The quantitative estimate of drug-likeness (QED) is 0.140. The Bertz CT molecular complexity index is 561. The Morgan fingerprint density at radius 3 is 2.17 bits per heavy atom. The van der Waals surface area contributed by atoms with Crippen LogP contribution in [0.4, 0.5) is 4.79 Å². The molecule has 0 aromatic rings. The first-order chi connectivity index (χ1) is 16.7. The Balaban J connectivity index is 2.38. The van der Waals surface area contributed by atoms with E-state index in [1.807, 2.05) is 25.7 Å². The van der Waals surface area contributed by atoms with Gasteiger partial charge in [0, 0.05) is 19.5 Å². The molecular formula is C29H56N2O4. The first kappa shape index (κ1) is 31.7. The number of rotatable bonds is 19. The van der Waals surface area contributed by atoms with E-state index < -0.39 is 5.60 Å². The third kappa shape index (κ3) is 16.9. The Morgan fingerprint density at radius 2 is 1.49 bits per heavy atom. The van der Waals surface area contributed by atoms with E-state index in [-0.39, 0.29) is 12.1 Å². The second-order valence-electron chi connectivity index (χ2n) is 11.4. The third-order valence-electron chi connectivity index (χ3n) is 6.74. The van der Waals surface area contributed by atoms with Crippen molar-refractivity contribution in [3.63, 3.8) is 0 Å². The first-order valence-corrected chi connectivity index (χ1v) is 14.6. The third-order valence-corrected chi connectivity index (χ3v) is 6.74. The van der Waals surface area contributed by atoms with Gasteiger partial charge in [0.2, 0.25) is 0 Å². The molecule has 0 N–H and O–H groups in total. The molecule has 0 aromatic carbocycles. The highest BCUT2D eigenvalue weighted by Crippen LogP contribution is 2.22. The van der Waals surface area contributed by atoms with Gasteiger partial charge >= 0.3 is 12.1 Å². The van der Waals surface area contributed by atoms with Crippen molar-refractivity contribution in [1.29, 1.82) is 0 Å². The molecule has 1 fully saturated rings. The minimum absolute atomic E-state index is 0.0548. The normalized spacial score (nSPS) is 16.2. The van der Waals surface area contributed by atoms with Crippen LogP contribution >= 0.6 is 0 Å². The largest absolute Gasteiger partial charge is 0.466 e. The molecule has 0 spiro atoms. The van der Waals surface area contributed by atoms with Crippen LogP contribution in [0.3, 0.4) is 0 Å². The summed E-state index contributed by atoms with van der Waals surface area (Å²) < 4.78 is 10.9. The van der Waals surface area contributed by atoms with E-state index >= 15 is 0 Å². The maximum absolute atomic E-state index is 12.4. The molecule has 0 bridgehead atoms. The number of unbranched alkanes of at least 4 members (excludes halogenated alkanes) is 8. The van der Waals surface area contributed by atoms with Crippen molar-refractivity contribution in [3.8, 4) is 0 Å². The Kier molecular flexibility index (Phi) is 17.1. The van der Waals surface area contributed by atoms with Gasteiger partial charge in [0.05, 0.1) is 6.61 Å². The van der Waals surface area contributed by atoms with Gasteiger partial charge < -0.3 is 19.3 Å². The van der Waals surface area contributed by atoms with Crippen LogP contribution < -0.4 is 0 Å². The number of likely N-dealkylation sites (tertiary alicyclic amines) is 1. The monoisotopic (exact) mass is 496 g/mol. The number of ether oxygens (including phenoxy) is 2. The summed E-state index contributed by atoms with van der Waals surface area (Å²) in [5.41, 5.74) is -0.445. The van der Waals surface area contributed by atoms with Gasteiger partial charge in [-0.25, -0.2) is 4.79 Å². The molecule has 0 radical (unpaired) electrons. The topological polar surface area (TPSA) is 59.1 Å². The molecular weight excluding hydrogens is 440 g/mol. The van der Waals surface area contributed by atoms with Crippen LogP contribution in [0, 0.1) is 5.92 Å². The maximum Gasteiger partial charge on any atom is 0.410 e. The highest BCUT2D eigenvalue weighted by atomic mass is 16.6. The molecule has 1 rings (SSSR count). The zero-order chi connectivity index (χ0) is 25.9. The van der Waals surface area contributed by atoms with Crippen molar-refractivity contribution < 1.29 is 19.1 Å². The van der Waals surface area contributed by atoms with Gasteiger partial charge in [-0.1, -0.05) is 65.2 Å². The predicted molar refractivity (Wildman–Crippen MR) is 145 cm³/mol. The van der Waals surface area contributed by atoms with Crippen LogP contribution in [-0.4, -0.2) is 66.8 Å². The molecule has 1 unspecified atom stereocenters. The lowest BCUT2D eigenvalue weighted by atomic mass is 10.0. The van der Waals surface area contributed by atoms with E-state index in [1.165, 1.54) is 44.9 Å². The van der Waals surface area contributed by atoms with Crippen LogP contribution in [0.2, 0.25) is 0 Å². The smallest absolute Gasteiger partial charge is 0.410 e. The summed E-state index contributed by atoms with van der Waals surface area (Å²) >= 11 is 0. The molecule has 1 heterocycles. The molecule has 6 heteroatoms. The summed E-state index contributed by atoms with van der Waals surface area (Å²) in [7, 11) is 0. The van der Waals surface area contributed by atoms with E-state index in [2.05, 4.69) is 18.7 Å². The van der Waals surface area contributed by atoms with Crippen LogP contribution in [0.5, 0.6) is 0 Å². The van der Waals surface area contributed by atoms with Crippen molar-refractivity contribution in [3.05, 3.63) is 0 Å². The lowest BCUT2D eigenvalue weighted by molar-refractivity contribution is -0.144. The van der Waals surface area contributed by atoms with Crippen LogP contribution in [0.25, 0.3) is 0 Å². The molecule has 1 saturated heterocycles. The standard InChI is InChI=1S/C29H56N2O4/c1-6-8-10-11-12-13-14-20-30(21-16-17-27(32)34-24-15-9-7-2)22-18-26-19-23-31(25-26)28(33)35-29(3,4)5/h26H,6-25H2,1-5H3. The number of carbonyl (C=O) groups excluding carboxylic acids is 2. The highest BCUT2D eigenvalue weighted by molar-refractivity contribution is 5.69. The summed E-state index contributed by atoms with van der Waals surface area (Å²) in [6.45, 7) is 15.4. The van der Waals surface area contributed by atoms with Crippen molar-refractivity contribution >= 4 is 12.1 Å². The number of nitrogens with zero attached hydrogens (tertiary/aromatic N) is 2. The average molecular weight is 497 g/mol. The first-order valence-electron chi connectivity index (χ1n) is 14.6. The van der Waals surface area contributed by atoms with Crippen molar-refractivity contribution in [2.75, 3.05) is 39.3 Å². The Hall–Kier alpha value is -1.30. The summed E-state index contributed by atoms with van der Waals surface area (Å²) in [5, 5.41) is 0. The Morgan fingerprint density at radius 1 is 0.857 bits per heavy atom. The SMILES string of the molecule is CCCCCCCCCN(CCCC(=O)OCCCCC)CCC1CCN(C(=O)OC(C)(C)C)C1. The van der Waals surface area contributed by atoms with Crippen LogP contribution in [-0.2, 0) is 14.3 Å². The van der Waals surface area contributed by atoms with Crippen LogP contribution in [0.1, 0.15) is 125 Å². The minimum atomic E-state index is -0.445. The zero-order valence-electron chi connectivity index (χ0n) is 23.7. The molecule has 1 amide bonds. The summed E-state index contributed by atoms with van der Waals surface area (Å²) in [6.07, 6.45) is 15.7. The Labute approximate surface area is 216 Å². The zero-order valence-corrected chi connectivity index (χ0v) is 23.7. The number of hydrogen-bond acceptors (Lipinski definition) is 5. The van der Waals surface area contributed by atoms with Crippen molar-refractivity contribution in [1.82, 2.24) is 9.80 Å². The summed E-state index contributed by atoms with van der Waals surface area (Å²) in [5.74, 6) is 0.475. The van der Waals surface area contributed by atoms with Gasteiger partial charge in [0.1, 0.15) is 5.60 Å². The second-order valence-corrected chi connectivity index (χ2v) is 11.4. The van der Waals surface area contributed by atoms with Gasteiger partial charge in [-0.2, -0.15) is 0 Å². The van der Waals surface area contributed by atoms with E-state index in [1.54, 1.807) is 0 Å². The van der Waals surface area contributed by atoms with E-state index in [0.29, 0.717) is 18.9 Å². The van der Waals surface area contributed by atoms with E-state index in [0.717, 1.165) is 71.2 Å². The van der Waals surface area contributed by atoms with E-state index in [4.69, 9.17) is 9.47 Å². The molecule has 0 aliphatic carbocycles. The lowest BCUT2D eigenvalue weighted by Crippen LogP contribution is -2.35.